The Kier molecular flexibility index (Phi) is 4.53. The highest BCUT2D eigenvalue weighted by Gasteiger charge is 2.09. The molecule has 0 saturated carbocycles. The fraction of sp³-hybridized carbons (Fsp3) is 0. The van der Waals surface area contributed by atoms with Crippen LogP contribution in [0.3, 0.4) is 0 Å². The van der Waals surface area contributed by atoms with Crippen LogP contribution in [-0.4, -0.2) is 15.2 Å². The number of pyridine rings is 1. The van der Waals surface area contributed by atoms with Gasteiger partial charge in [-0.15, -0.1) is 0 Å². The van der Waals surface area contributed by atoms with Gasteiger partial charge in [0.2, 0.25) is 0 Å². The largest absolute Gasteiger partial charge is 0.508 e. The molecule has 1 aromatic heterocycles. The van der Waals surface area contributed by atoms with E-state index < -0.39 is 0 Å². The molecule has 0 aliphatic rings. The standard InChI is InChI=1S/C23H16ClNO2/c24-19-3-1-2-17(12-19)18-13-22(15-4-8-20(26)9-5-15)25-23(14-18)16-6-10-21(27)11-7-16/h1-14,26-27H. The van der Waals surface area contributed by atoms with Crippen LogP contribution in [0.15, 0.2) is 84.9 Å². The van der Waals surface area contributed by atoms with E-state index in [4.69, 9.17) is 16.6 Å². The van der Waals surface area contributed by atoms with Gasteiger partial charge < -0.3 is 10.2 Å². The summed E-state index contributed by atoms with van der Waals surface area (Å²) in [5.74, 6) is 0.423. The number of benzene rings is 3. The molecule has 0 amide bonds. The normalized spacial score (nSPS) is 10.7. The van der Waals surface area contributed by atoms with Crippen LogP contribution < -0.4 is 0 Å². The summed E-state index contributed by atoms with van der Waals surface area (Å²) in [6.07, 6.45) is 0. The summed E-state index contributed by atoms with van der Waals surface area (Å²) < 4.78 is 0. The second kappa shape index (κ2) is 7.14. The van der Waals surface area contributed by atoms with E-state index in [0.29, 0.717) is 5.02 Å². The molecule has 0 aliphatic heterocycles. The quantitative estimate of drug-likeness (QED) is 0.453. The lowest BCUT2D eigenvalue weighted by Crippen LogP contribution is -1.91. The van der Waals surface area contributed by atoms with Crippen molar-refractivity contribution in [3.05, 3.63) is 90.0 Å². The fourth-order valence-electron chi connectivity index (χ4n) is 2.93. The Morgan fingerprint density at radius 2 is 1.07 bits per heavy atom. The lowest BCUT2D eigenvalue weighted by molar-refractivity contribution is 0.475. The van der Waals surface area contributed by atoms with E-state index in [2.05, 4.69) is 0 Å². The molecule has 132 valence electrons. The van der Waals surface area contributed by atoms with E-state index in [9.17, 15) is 10.2 Å². The zero-order valence-electron chi connectivity index (χ0n) is 14.3. The number of hydrogen-bond donors (Lipinski definition) is 2. The Morgan fingerprint density at radius 1 is 0.556 bits per heavy atom. The molecule has 0 unspecified atom stereocenters. The van der Waals surface area contributed by atoms with Gasteiger partial charge in [-0.3, -0.25) is 0 Å². The Hall–Kier alpha value is -3.30. The fourth-order valence-corrected chi connectivity index (χ4v) is 3.12. The second-order valence-electron chi connectivity index (χ2n) is 6.23. The van der Waals surface area contributed by atoms with E-state index >= 15 is 0 Å². The van der Waals surface area contributed by atoms with Gasteiger partial charge in [-0.05, 0) is 83.9 Å². The molecule has 27 heavy (non-hydrogen) atoms. The molecular weight excluding hydrogens is 358 g/mol. The number of aromatic hydroxyl groups is 2. The van der Waals surface area contributed by atoms with Crippen LogP contribution in [0.1, 0.15) is 0 Å². The number of halogens is 1. The van der Waals surface area contributed by atoms with Crippen LogP contribution in [0.5, 0.6) is 11.5 Å². The molecule has 1 heterocycles. The Morgan fingerprint density at radius 3 is 1.56 bits per heavy atom. The van der Waals surface area contributed by atoms with Crippen molar-refractivity contribution in [3.63, 3.8) is 0 Å². The van der Waals surface area contributed by atoms with Crippen LogP contribution in [0.2, 0.25) is 5.02 Å². The number of hydrogen-bond acceptors (Lipinski definition) is 3. The highest BCUT2D eigenvalue weighted by molar-refractivity contribution is 6.30. The molecule has 2 N–H and O–H groups in total. The SMILES string of the molecule is Oc1ccc(-c2cc(-c3cccc(Cl)c3)cc(-c3ccc(O)cc3)n2)cc1. The summed E-state index contributed by atoms with van der Waals surface area (Å²) in [4.78, 5) is 4.78. The first-order chi connectivity index (χ1) is 13.1. The predicted molar refractivity (Wildman–Crippen MR) is 109 cm³/mol. The van der Waals surface area contributed by atoms with Crippen LogP contribution in [-0.2, 0) is 0 Å². The minimum Gasteiger partial charge on any atom is -0.508 e. The third-order valence-corrected chi connectivity index (χ3v) is 4.54. The Bertz CT molecular complexity index is 1030. The molecule has 3 nitrogen and oxygen atoms in total. The monoisotopic (exact) mass is 373 g/mol. The third-order valence-electron chi connectivity index (χ3n) is 4.31. The average molecular weight is 374 g/mol. The zero-order valence-corrected chi connectivity index (χ0v) is 15.1. The second-order valence-corrected chi connectivity index (χ2v) is 6.67. The van der Waals surface area contributed by atoms with E-state index in [0.717, 1.165) is 33.6 Å². The maximum Gasteiger partial charge on any atom is 0.115 e. The third kappa shape index (κ3) is 3.78. The van der Waals surface area contributed by atoms with Crippen molar-refractivity contribution in [2.45, 2.75) is 0 Å². The van der Waals surface area contributed by atoms with Gasteiger partial charge in [-0.2, -0.15) is 0 Å². The summed E-state index contributed by atoms with van der Waals surface area (Å²) in [6.45, 7) is 0. The Labute approximate surface area is 162 Å². The van der Waals surface area contributed by atoms with E-state index in [1.54, 1.807) is 24.3 Å². The van der Waals surface area contributed by atoms with Crippen molar-refractivity contribution < 1.29 is 10.2 Å². The maximum atomic E-state index is 9.57. The van der Waals surface area contributed by atoms with Crippen molar-refractivity contribution in [2.75, 3.05) is 0 Å². The number of nitrogens with zero attached hydrogens (tertiary/aromatic N) is 1. The molecule has 4 heteroatoms. The van der Waals surface area contributed by atoms with Gasteiger partial charge in [0.15, 0.2) is 0 Å². The maximum absolute atomic E-state index is 9.57. The summed E-state index contributed by atoms with van der Waals surface area (Å²) in [6, 6.07) is 25.6. The minimum atomic E-state index is 0.212. The van der Waals surface area contributed by atoms with Gasteiger partial charge in [0.25, 0.3) is 0 Å². The number of aromatic nitrogens is 1. The van der Waals surface area contributed by atoms with Crippen LogP contribution in [0.25, 0.3) is 33.6 Å². The number of rotatable bonds is 3. The van der Waals surface area contributed by atoms with Gasteiger partial charge in [0.05, 0.1) is 11.4 Å². The molecule has 0 radical (unpaired) electrons. The lowest BCUT2D eigenvalue weighted by atomic mass is 10.00. The number of phenols is 2. The van der Waals surface area contributed by atoms with Crippen LogP contribution in [0.4, 0.5) is 0 Å². The van der Waals surface area contributed by atoms with E-state index in [1.165, 1.54) is 0 Å². The molecule has 3 aromatic carbocycles. The first-order valence-corrected chi connectivity index (χ1v) is 8.83. The predicted octanol–water partition coefficient (Wildman–Crippen LogP) is 6.15. The lowest BCUT2D eigenvalue weighted by Gasteiger charge is -2.11. The summed E-state index contributed by atoms with van der Waals surface area (Å²) in [5.41, 5.74) is 5.35. The molecule has 0 atom stereocenters. The van der Waals surface area contributed by atoms with Crippen molar-refractivity contribution >= 4 is 11.6 Å². The Balaban J connectivity index is 1.90. The van der Waals surface area contributed by atoms with Crippen molar-refractivity contribution in [3.8, 4) is 45.1 Å². The summed E-state index contributed by atoms with van der Waals surface area (Å²) in [7, 11) is 0. The summed E-state index contributed by atoms with van der Waals surface area (Å²) in [5, 5.41) is 19.8. The highest BCUT2D eigenvalue weighted by atomic mass is 35.5. The van der Waals surface area contributed by atoms with Gasteiger partial charge >= 0.3 is 0 Å². The molecule has 0 spiro atoms. The van der Waals surface area contributed by atoms with Gasteiger partial charge in [0.1, 0.15) is 11.5 Å². The molecule has 0 bridgehead atoms. The zero-order chi connectivity index (χ0) is 18.8. The molecule has 0 fully saturated rings. The van der Waals surface area contributed by atoms with Crippen molar-refractivity contribution in [2.24, 2.45) is 0 Å². The molecule has 4 aromatic rings. The minimum absolute atomic E-state index is 0.212. The van der Waals surface area contributed by atoms with Crippen molar-refractivity contribution in [1.29, 1.82) is 0 Å². The van der Waals surface area contributed by atoms with Gasteiger partial charge in [-0.25, -0.2) is 4.98 Å². The molecule has 4 rings (SSSR count). The number of phenolic OH excluding ortho intramolecular Hbond substituents is 2. The van der Waals surface area contributed by atoms with Gasteiger partial charge in [-0.1, -0.05) is 23.7 Å². The smallest absolute Gasteiger partial charge is 0.115 e. The van der Waals surface area contributed by atoms with Gasteiger partial charge in [0, 0.05) is 16.1 Å². The first-order valence-electron chi connectivity index (χ1n) is 8.45. The van der Waals surface area contributed by atoms with Crippen LogP contribution >= 0.6 is 11.6 Å². The van der Waals surface area contributed by atoms with E-state index in [-0.39, 0.29) is 11.5 Å². The molecular formula is C23H16ClNO2. The van der Waals surface area contributed by atoms with E-state index in [1.807, 2.05) is 60.7 Å². The molecule has 0 saturated heterocycles. The highest BCUT2D eigenvalue weighted by Crippen LogP contribution is 2.32. The average Bonchev–Trinajstić information content (AvgIpc) is 2.69. The van der Waals surface area contributed by atoms with Crippen LogP contribution in [0, 0.1) is 0 Å². The topological polar surface area (TPSA) is 53.4 Å². The first kappa shape index (κ1) is 17.1. The van der Waals surface area contributed by atoms with Crippen molar-refractivity contribution in [1.82, 2.24) is 4.98 Å². The summed E-state index contributed by atoms with van der Waals surface area (Å²) >= 11 is 6.17. The molecule has 0 aliphatic carbocycles.